The number of carbonyl (C=O) groups is 1. The van der Waals surface area contributed by atoms with Gasteiger partial charge >= 0.3 is 0 Å². The zero-order valence-electron chi connectivity index (χ0n) is 6.95. The first kappa shape index (κ1) is 9.89. The molecule has 0 aliphatic heterocycles. The monoisotopic (exact) mass is 247 g/mol. The van der Waals surface area contributed by atoms with Crippen LogP contribution in [-0.4, -0.2) is 25.3 Å². The van der Waals surface area contributed by atoms with Crippen molar-refractivity contribution in [2.45, 2.75) is 6.04 Å². The number of carbonyl (C=O) groups excluding carboxylic acids is 1. The van der Waals surface area contributed by atoms with Crippen molar-refractivity contribution in [2.75, 3.05) is 14.1 Å². The third kappa shape index (κ3) is 2.15. The second kappa shape index (κ2) is 4.16. The van der Waals surface area contributed by atoms with E-state index in [2.05, 4.69) is 15.9 Å². The molecule has 0 fully saturated rings. The van der Waals surface area contributed by atoms with E-state index in [9.17, 15) is 4.79 Å². The molecule has 0 saturated carbocycles. The molecule has 0 amide bonds. The molecule has 1 aromatic heterocycles. The molecule has 0 saturated heterocycles. The largest absolute Gasteiger partial charge is 0.301 e. The standard InChI is InChI=1S/C8H10BrNOS/c1-10(2)7(4-11)8-3-6(9)5-12-8/h3-5,7H,1-2H3. The van der Waals surface area contributed by atoms with Gasteiger partial charge in [-0.1, -0.05) is 0 Å². The molecule has 1 heterocycles. The SMILES string of the molecule is CN(C)C(C=O)c1cc(Br)cs1. The van der Waals surface area contributed by atoms with Gasteiger partial charge in [0.1, 0.15) is 6.29 Å². The fourth-order valence-electron chi connectivity index (χ4n) is 0.927. The number of thiophene rings is 1. The fraction of sp³-hybridized carbons (Fsp3) is 0.375. The minimum atomic E-state index is -0.110. The van der Waals surface area contributed by atoms with Gasteiger partial charge in [0.2, 0.25) is 0 Å². The first-order valence-electron chi connectivity index (χ1n) is 3.51. The second-order valence-electron chi connectivity index (χ2n) is 2.71. The van der Waals surface area contributed by atoms with Crippen molar-refractivity contribution < 1.29 is 4.79 Å². The molecular formula is C8H10BrNOS. The Balaban J connectivity index is 2.87. The number of hydrogen-bond acceptors (Lipinski definition) is 3. The number of nitrogens with zero attached hydrogens (tertiary/aromatic N) is 1. The van der Waals surface area contributed by atoms with Crippen LogP contribution in [-0.2, 0) is 4.79 Å². The molecule has 1 atom stereocenters. The van der Waals surface area contributed by atoms with E-state index in [1.54, 1.807) is 11.3 Å². The van der Waals surface area contributed by atoms with E-state index in [0.717, 1.165) is 15.6 Å². The quantitative estimate of drug-likeness (QED) is 0.765. The van der Waals surface area contributed by atoms with Gasteiger partial charge in [-0.3, -0.25) is 4.90 Å². The molecule has 0 N–H and O–H groups in total. The molecule has 66 valence electrons. The Morgan fingerprint density at radius 2 is 2.33 bits per heavy atom. The minimum Gasteiger partial charge on any atom is -0.301 e. The maximum atomic E-state index is 10.7. The Hall–Kier alpha value is -0.190. The summed E-state index contributed by atoms with van der Waals surface area (Å²) in [4.78, 5) is 13.7. The molecule has 0 aromatic carbocycles. The Kier molecular flexibility index (Phi) is 3.43. The number of hydrogen-bond donors (Lipinski definition) is 0. The van der Waals surface area contributed by atoms with Gasteiger partial charge in [0.15, 0.2) is 0 Å². The summed E-state index contributed by atoms with van der Waals surface area (Å²) < 4.78 is 1.04. The first-order valence-corrected chi connectivity index (χ1v) is 5.18. The van der Waals surface area contributed by atoms with Crippen LogP contribution in [0.15, 0.2) is 15.9 Å². The molecule has 1 aromatic rings. The minimum absolute atomic E-state index is 0.110. The van der Waals surface area contributed by atoms with E-state index in [1.807, 2.05) is 30.4 Å². The molecule has 12 heavy (non-hydrogen) atoms. The van der Waals surface area contributed by atoms with E-state index in [0.29, 0.717) is 0 Å². The third-order valence-electron chi connectivity index (χ3n) is 1.56. The number of likely N-dealkylation sites (N-methyl/N-ethyl adjacent to an activating group) is 1. The highest BCUT2D eigenvalue weighted by atomic mass is 79.9. The van der Waals surface area contributed by atoms with E-state index < -0.39 is 0 Å². The third-order valence-corrected chi connectivity index (χ3v) is 3.33. The molecule has 0 bridgehead atoms. The topological polar surface area (TPSA) is 20.3 Å². The highest BCUT2D eigenvalue weighted by Gasteiger charge is 2.14. The van der Waals surface area contributed by atoms with E-state index in [-0.39, 0.29) is 6.04 Å². The molecule has 2 nitrogen and oxygen atoms in total. The van der Waals surface area contributed by atoms with Crippen molar-refractivity contribution in [2.24, 2.45) is 0 Å². The number of aldehydes is 1. The van der Waals surface area contributed by atoms with Crippen molar-refractivity contribution in [3.05, 3.63) is 20.8 Å². The summed E-state index contributed by atoms with van der Waals surface area (Å²) in [5, 5.41) is 1.98. The van der Waals surface area contributed by atoms with E-state index in [1.165, 1.54) is 0 Å². The molecule has 4 heteroatoms. The highest BCUT2D eigenvalue weighted by molar-refractivity contribution is 9.10. The first-order chi connectivity index (χ1) is 5.65. The average molecular weight is 248 g/mol. The van der Waals surface area contributed by atoms with Crippen LogP contribution in [0.25, 0.3) is 0 Å². The molecule has 0 aliphatic rings. The zero-order chi connectivity index (χ0) is 9.14. The normalized spacial score (nSPS) is 13.3. The lowest BCUT2D eigenvalue weighted by Crippen LogP contribution is -2.19. The summed E-state index contributed by atoms with van der Waals surface area (Å²) in [6.45, 7) is 0. The average Bonchev–Trinajstić information content (AvgIpc) is 2.37. The van der Waals surface area contributed by atoms with Gasteiger partial charge in [-0.2, -0.15) is 0 Å². The van der Waals surface area contributed by atoms with Crippen LogP contribution in [0.2, 0.25) is 0 Å². The summed E-state index contributed by atoms with van der Waals surface area (Å²) >= 11 is 4.95. The molecule has 0 aliphatic carbocycles. The Morgan fingerprint density at radius 1 is 1.67 bits per heavy atom. The Bertz CT molecular complexity index is 272. The van der Waals surface area contributed by atoms with Crippen molar-refractivity contribution in [1.82, 2.24) is 4.90 Å². The maximum Gasteiger partial charge on any atom is 0.142 e. The summed E-state index contributed by atoms with van der Waals surface area (Å²) in [6.07, 6.45) is 0.957. The molecular weight excluding hydrogens is 238 g/mol. The van der Waals surface area contributed by atoms with Gasteiger partial charge in [0, 0.05) is 14.7 Å². The van der Waals surface area contributed by atoms with Crippen molar-refractivity contribution >= 4 is 33.6 Å². The number of rotatable bonds is 3. The lowest BCUT2D eigenvalue weighted by molar-refractivity contribution is -0.111. The van der Waals surface area contributed by atoms with Gasteiger partial charge in [-0.25, -0.2) is 0 Å². The zero-order valence-corrected chi connectivity index (χ0v) is 9.35. The summed E-state index contributed by atoms with van der Waals surface area (Å²) in [5.41, 5.74) is 0. The lowest BCUT2D eigenvalue weighted by atomic mass is 10.2. The van der Waals surface area contributed by atoms with Gasteiger partial charge in [-0.05, 0) is 36.1 Å². The van der Waals surface area contributed by atoms with Gasteiger partial charge in [0.25, 0.3) is 0 Å². The summed E-state index contributed by atoms with van der Waals surface area (Å²) in [5.74, 6) is 0. The molecule has 1 rings (SSSR count). The van der Waals surface area contributed by atoms with E-state index >= 15 is 0 Å². The predicted octanol–water partition coefficient (Wildman–Crippen LogP) is 2.31. The Labute approximate surface area is 84.3 Å². The van der Waals surface area contributed by atoms with Crippen LogP contribution in [0.4, 0.5) is 0 Å². The van der Waals surface area contributed by atoms with Crippen molar-refractivity contribution in [1.29, 1.82) is 0 Å². The van der Waals surface area contributed by atoms with Crippen LogP contribution in [0.1, 0.15) is 10.9 Å². The van der Waals surface area contributed by atoms with Crippen LogP contribution < -0.4 is 0 Å². The van der Waals surface area contributed by atoms with Crippen molar-refractivity contribution in [3.63, 3.8) is 0 Å². The molecule has 0 radical (unpaired) electrons. The maximum absolute atomic E-state index is 10.7. The molecule has 0 spiro atoms. The van der Waals surface area contributed by atoms with Crippen LogP contribution in [0.5, 0.6) is 0 Å². The summed E-state index contributed by atoms with van der Waals surface area (Å²) in [7, 11) is 3.79. The van der Waals surface area contributed by atoms with Gasteiger partial charge in [-0.15, -0.1) is 11.3 Å². The Morgan fingerprint density at radius 3 is 2.67 bits per heavy atom. The summed E-state index contributed by atoms with van der Waals surface area (Å²) in [6, 6.07) is 1.87. The van der Waals surface area contributed by atoms with Gasteiger partial charge < -0.3 is 4.79 Å². The smallest absolute Gasteiger partial charge is 0.142 e. The van der Waals surface area contributed by atoms with Crippen LogP contribution in [0.3, 0.4) is 0 Å². The van der Waals surface area contributed by atoms with Crippen molar-refractivity contribution in [3.8, 4) is 0 Å². The number of halogens is 1. The molecule has 1 unspecified atom stereocenters. The lowest BCUT2D eigenvalue weighted by Gasteiger charge is -2.16. The van der Waals surface area contributed by atoms with E-state index in [4.69, 9.17) is 0 Å². The fourth-order valence-corrected chi connectivity index (χ4v) is 2.52. The second-order valence-corrected chi connectivity index (χ2v) is 4.57. The van der Waals surface area contributed by atoms with Gasteiger partial charge in [0.05, 0.1) is 6.04 Å². The highest BCUT2D eigenvalue weighted by Crippen LogP contribution is 2.26. The van der Waals surface area contributed by atoms with Crippen LogP contribution in [0, 0.1) is 0 Å². The van der Waals surface area contributed by atoms with Crippen LogP contribution >= 0.6 is 27.3 Å². The predicted molar refractivity (Wildman–Crippen MR) is 54.5 cm³/mol.